The van der Waals surface area contributed by atoms with E-state index in [4.69, 9.17) is 21.6 Å². The number of nitrogens with two attached hydrogens (primary N) is 2. The summed E-state index contributed by atoms with van der Waals surface area (Å²) in [4.78, 5) is 56.8. The smallest absolute Gasteiger partial charge is 0.339 e. The molecule has 0 aliphatic heterocycles. The second-order valence-electron chi connectivity index (χ2n) is 27.3. The van der Waals surface area contributed by atoms with Gasteiger partial charge in [-0.05, 0) is 246 Å². The van der Waals surface area contributed by atoms with Crippen LogP contribution in [0.4, 0.5) is 71.8 Å². The first-order valence-electron chi connectivity index (χ1n) is 37.4. The van der Waals surface area contributed by atoms with E-state index in [0.717, 1.165) is 56.1 Å². The number of aryl methyl sites for hydroxylation is 5. The van der Waals surface area contributed by atoms with Gasteiger partial charge in [0.15, 0.2) is 11.6 Å². The van der Waals surface area contributed by atoms with Crippen LogP contribution in [0.15, 0.2) is 276 Å². The third kappa shape index (κ3) is 23.8. The number of nitro groups is 2. The maximum atomic E-state index is 14.8. The number of anilines is 6. The monoisotopic (exact) mass is 1710 g/mol. The maximum absolute atomic E-state index is 14.8. The molecule has 0 fully saturated rings. The van der Waals surface area contributed by atoms with Crippen molar-refractivity contribution in [3.8, 4) is 40.2 Å². The van der Waals surface area contributed by atoms with Gasteiger partial charge in [0.2, 0.25) is 5.82 Å². The molecular weight excluding hydrogens is 1630 g/mol. The molecule has 0 saturated carbocycles. The second kappa shape index (κ2) is 42.5. The average molecular weight is 1710 g/mol. The topological polar surface area (TPSA) is 335 Å². The highest BCUT2D eigenvalue weighted by molar-refractivity contribution is 9.10. The zero-order chi connectivity index (χ0) is 87.7. The minimum Gasteiger partial charge on any atom is -0.397 e. The van der Waals surface area contributed by atoms with Gasteiger partial charge in [-0.2, -0.15) is 4.39 Å². The number of rotatable bonds is 13. The van der Waals surface area contributed by atoms with Crippen LogP contribution in [-0.4, -0.2) is 79.7 Å². The van der Waals surface area contributed by atoms with E-state index in [2.05, 4.69) is 70.8 Å². The molecule has 0 bridgehead atoms. The van der Waals surface area contributed by atoms with Crippen LogP contribution in [0.3, 0.4) is 0 Å². The SMILES string of the molecule is CC(C)n1cnnc1-c1cccc(Br)n1.CCO.Cc1ccc(-n2c(=O)[nH]c3ccccc32)c(F)c1.Cc1ccc(-n2c(=O)n(-c3cccc(-c4nncn4C(C)C)n3)c3ccccc32)c(F)c1.Cc1ccc(N)c(F)c1.Cc1ccc(Nc2ccccc2N)c(F)c1.Cc1ccc(Nc2ccccc2[N+](=O)[O-])c(F)c1.O=[N+]([O-])c1ccccc1F. The number of aromatic amines is 1. The molecule has 0 radical (unpaired) electrons. The highest BCUT2D eigenvalue weighted by atomic mass is 79.9. The normalized spacial score (nSPS) is 10.5. The molecule has 6 aromatic heterocycles. The Labute approximate surface area is 699 Å². The van der Waals surface area contributed by atoms with Gasteiger partial charge < -0.3 is 41.3 Å². The van der Waals surface area contributed by atoms with Crippen LogP contribution in [-0.2, 0) is 0 Å². The summed E-state index contributed by atoms with van der Waals surface area (Å²) in [6.07, 6.45) is 3.38. The van der Waals surface area contributed by atoms with Crippen LogP contribution in [0.2, 0.25) is 0 Å². The lowest BCUT2D eigenvalue weighted by Gasteiger charge is -2.10. The summed E-state index contributed by atoms with van der Waals surface area (Å²) in [6.45, 7) is 19.2. The Morgan fingerprint density at radius 3 is 1.35 bits per heavy atom. The van der Waals surface area contributed by atoms with E-state index in [9.17, 15) is 56.2 Å². The quantitative estimate of drug-likeness (QED) is 0.0205. The number of hydrogen-bond acceptors (Lipinski definition) is 17. The van der Waals surface area contributed by atoms with Crippen molar-refractivity contribution in [3.05, 3.63) is 370 Å². The second-order valence-corrected chi connectivity index (χ2v) is 28.1. The Kier molecular flexibility index (Phi) is 31.7. The van der Waals surface area contributed by atoms with Crippen LogP contribution < -0.4 is 33.5 Å². The fourth-order valence-electron chi connectivity index (χ4n) is 11.6. The fourth-order valence-corrected chi connectivity index (χ4v) is 12.0. The van der Waals surface area contributed by atoms with Crippen LogP contribution in [0, 0.1) is 89.8 Å². The number of benzene rings is 10. The number of nitro benzene ring substituents is 2. The Morgan fingerprint density at radius 1 is 0.446 bits per heavy atom. The van der Waals surface area contributed by atoms with Crippen LogP contribution >= 0.6 is 15.9 Å². The zero-order valence-corrected chi connectivity index (χ0v) is 68.8. The van der Waals surface area contributed by atoms with E-state index in [1.807, 2.05) is 136 Å². The molecule has 10 aromatic carbocycles. The van der Waals surface area contributed by atoms with Gasteiger partial charge in [-0.1, -0.05) is 103 Å². The lowest BCUT2D eigenvalue weighted by atomic mass is 10.2. The van der Waals surface area contributed by atoms with Gasteiger partial charge in [-0.3, -0.25) is 29.4 Å². The van der Waals surface area contributed by atoms with Gasteiger partial charge in [-0.25, -0.2) is 46.1 Å². The Bertz CT molecular complexity index is 6390. The molecule has 16 aromatic rings. The van der Waals surface area contributed by atoms with Crippen LogP contribution in [0.5, 0.6) is 0 Å². The van der Waals surface area contributed by atoms with Gasteiger partial charge >= 0.3 is 17.1 Å². The van der Waals surface area contributed by atoms with Crippen molar-refractivity contribution >= 4 is 83.5 Å². The summed E-state index contributed by atoms with van der Waals surface area (Å²) in [5.41, 5.74) is 20.8. The lowest BCUT2D eigenvalue weighted by molar-refractivity contribution is -0.387. The number of fused-ring (bicyclic) bond motifs is 2. The molecular formula is C89H85BrF6N18O7. The summed E-state index contributed by atoms with van der Waals surface area (Å²) in [6, 6.07) is 68.7. The number of imidazole rings is 2. The van der Waals surface area contributed by atoms with Gasteiger partial charge in [0.25, 0.3) is 5.69 Å². The van der Waals surface area contributed by atoms with Crippen LogP contribution in [0.25, 0.3) is 62.3 Å². The van der Waals surface area contributed by atoms with Gasteiger partial charge in [-0.15, -0.1) is 20.4 Å². The van der Waals surface area contributed by atoms with Crippen molar-refractivity contribution in [3.63, 3.8) is 0 Å². The first-order valence-corrected chi connectivity index (χ1v) is 38.2. The molecule has 16 rings (SSSR count). The molecule has 0 saturated heterocycles. The molecule has 8 N–H and O–H groups in total. The number of nitrogens with one attached hydrogen (secondary N) is 3. The number of aliphatic hydroxyl groups excluding tert-OH is 1. The minimum absolute atomic E-state index is 0.0857. The third-order valence-electron chi connectivity index (χ3n) is 17.5. The van der Waals surface area contributed by atoms with Gasteiger partial charge in [0, 0.05) is 30.8 Å². The molecule has 25 nitrogen and oxygen atoms in total. The van der Waals surface area contributed by atoms with Crippen LogP contribution in [0.1, 0.15) is 74.5 Å². The highest BCUT2D eigenvalue weighted by Gasteiger charge is 2.22. The predicted molar refractivity (Wildman–Crippen MR) is 465 cm³/mol. The Morgan fingerprint density at radius 2 is 0.868 bits per heavy atom. The molecule has 0 aliphatic rings. The average Bonchev–Trinajstić information content (AvgIpc) is 1.60. The Hall–Kier alpha value is -14.7. The van der Waals surface area contributed by atoms with E-state index in [-0.39, 0.29) is 64.1 Å². The molecule has 0 aliphatic carbocycles. The highest BCUT2D eigenvalue weighted by Crippen LogP contribution is 2.31. The van der Waals surface area contributed by atoms with Gasteiger partial charge in [0.05, 0.1) is 71.7 Å². The number of nitrogen functional groups attached to an aromatic ring is 2. The van der Waals surface area contributed by atoms with Crippen molar-refractivity contribution in [2.45, 2.75) is 81.3 Å². The first kappa shape index (κ1) is 90.3. The molecule has 0 spiro atoms. The molecule has 0 amide bonds. The van der Waals surface area contributed by atoms with Crippen molar-refractivity contribution < 1.29 is 41.3 Å². The molecule has 0 unspecified atom stereocenters. The molecule has 121 heavy (non-hydrogen) atoms. The standard InChI is InChI=1S/C24H21FN6O.C14H11FN2O.C13H11FN2O2.C13H13FN2.C10H11BrN4.C7H8FN.C6H4FNO2.C2H6O/c1-15(2)29-14-26-28-23(29)18-7-6-10-22(27-18)31-21-9-5-4-8-20(21)30(24(31)32)19-12-11-16(3)13-17(19)25;1-9-6-7-12(10(15)8-9)17-13-5-3-2-4-11(13)16-14(17)18;1-9-6-7-11(10(14)8-9)15-12-4-2-3-5-13(12)16(17)18;1-9-6-7-12(10(14)8-9)16-13-5-3-2-4-11(13)15;1-7(2)15-6-12-14-10(15)8-4-3-5-9(11)13-8;1-5-2-3-7(9)6(8)4-5;7-5-3-1-2-4-6(5)8(9)10;1-2-3/h4-15H,1-3H3;2-8H,1H3,(H,16,18);2-8,15H,1H3;2-8,16H,15H2,1H3;3-7H,1-2H3;2-4H,9H2,1H3;1-4H;3H,2H2,1H3. The number of aliphatic hydroxyl groups is 1. The van der Waals surface area contributed by atoms with E-state index in [0.29, 0.717) is 62.5 Å². The van der Waals surface area contributed by atoms with E-state index >= 15 is 0 Å². The number of halogens is 7. The zero-order valence-electron chi connectivity index (χ0n) is 67.2. The molecule has 32 heteroatoms. The number of pyridine rings is 2. The van der Waals surface area contributed by atoms with Crippen molar-refractivity contribution in [2.24, 2.45) is 0 Å². The Balaban J connectivity index is 0.000000166. The van der Waals surface area contributed by atoms with Crippen molar-refractivity contribution in [1.29, 1.82) is 0 Å². The maximum Gasteiger partial charge on any atom is 0.339 e. The fraction of sp³-hybridized carbons (Fsp3) is 0.146. The third-order valence-corrected chi connectivity index (χ3v) is 17.9. The summed E-state index contributed by atoms with van der Waals surface area (Å²) in [7, 11) is 0. The largest absolute Gasteiger partial charge is 0.397 e. The van der Waals surface area contributed by atoms with E-state index in [1.54, 1.807) is 124 Å². The number of para-hydroxylation sites is 9. The molecule has 6 heterocycles. The predicted octanol–water partition coefficient (Wildman–Crippen LogP) is 20.6. The molecule has 0 atom stereocenters. The summed E-state index contributed by atoms with van der Waals surface area (Å²) in [5, 5.41) is 50.3. The lowest BCUT2D eigenvalue weighted by Crippen LogP contribution is -2.23. The van der Waals surface area contributed by atoms with E-state index < -0.39 is 44.5 Å². The van der Waals surface area contributed by atoms with Crippen molar-refractivity contribution in [2.75, 3.05) is 28.7 Å². The van der Waals surface area contributed by atoms with Crippen molar-refractivity contribution in [1.82, 2.24) is 58.2 Å². The number of H-pyrrole nitrogens is 1. The summed E-state index contributed by atoms with van der Waals surface area (Å²) >= 11 is 3.34. The minimum atomic E-state index is -0.799. The molecule has 622 valence electrons. The summed E-state index contributed by atoms with van der Waals surface area (Å²) < 4.78 is 89.8. The van der Waals surface area contributed by atoms with Gasteiger partial charge in [0.1, 0.15) is 69.2 Å². The number of hydrogen-bond donors (Lipinski definition) is 6. The first-order chi connectivity index (χ1) is 57.9. The van der Waals surface area contributed by atoms with E-state index in [1.165, 1.54) is 68.3 Å². The summed E-state index contributed by atoms with van der Waals surface area (Å²) in [5.74, 6) is -0.870. The number of aromatic nitrogens is 12. The number of nitrogens with zero attached hydrogens (tertiary/aromatic N) is 13.